The molecule has 0 N–H and O–H groups in total. The van der Waals surface area contributed by atoms with Gasteiger partial charge in [0.1, 0.15) is 0 Å². The number of fused-ring (bicyclic) bond motifs is 3. The molecule has 0 radical (unpaired) electrons. The van der Waals surface area contributed by atoms with Crippen LogP contribution in [0.5, 0.6) is 0 Å². The zero-order valence-corrected chi connectivity index (χ0v) is 22.2. The normalized spacial score (nSPS) is 14.7. The predicted molar refractivity (Wildman–Crippen MR) is 154 cm³/mol. The van der Waals surface area contributed by atoms with Gasteiger partial charge in [0.2, 0.25) is 0 Å². The first-order chi connectivity index (χ1) is 17.1. The molecule has 0 fully saturated rings. The highest BCUT2D eigenvalue weighted by Crippen LogP contribution is 2.39. The van der Waals surface area contributed by atoms with Crippen LogP contribution in [0.4, 0.5) is 0 Å². The van der Waals surface area contributed by atoms with Crippen molar-refractivity contribution in [1.29, 1.82) is 0 Å². The molecule has 0 saturated heterocycles. The Morgan fingerprint density at radius 1 is 0.361 bits per heavy atom. The van der Waals surface area contributed by atoms with Crippen LogP contribution in [0.3, 0.4) is 0 Å². The van der Waals surface area contributed by atoms with Gasteiger partial charge in [-0.1, -0.05) is 126 Å². The summed E-state index contributed by atoms with van der Waals surface area (Å²) < 4.78 is 0. The second-order valence-corrected chi connectivity index (χ2v) is 12.3. The van der Waals surface area contributed by atoms with Crippen LogP contribution in [-0.4, -0.2) is 0 Å². The Kier molecular flexibility index (Phi) is 5.02. The van der Waals surface area contributed by atoms with Crippen LogP contribution in [0.25, 0.3) is 22.3 Å². The van der Waals surface area contributed by atoms with Crippen molar-refractivity contribution in [1.82, 2.24) is 0 Å². The molecule has 0 aliphatic heterocycles. The first kappa shape index (κ1) is 22.8. The molecule has 0 bridgehead atoms. The Bertz CT molecular complexity index is 1620. The van der Waals surface area contributed by atoms with Crippen LogP contribution < -0.4 is 20.9 Å². The maximum absolute atomic E-state index is 2.46. The number of benzene rings is 4. The lowest BCUT2D eigenvalue weighted by atomic mass is 9.86. The maximum atomic E-state index is 2.46. The summed E-state index contributed by atoms with van der Waals surface area (Å²) in [4.78, 5) is 0. The summed E-state index contributed by atoms with van der Waals surface area (Å²) in [5.74, 6) is 0. The number of rotatable bonds is 2. The Morgan fingerprint density at radius 3 is 1.06 bits per heavy atom. The van der Waals surface area contributed by atoms with Crippen LogP contribution in [-0.2, 0) is 10.8 Å². The number of hydrogen-bond donors (Lipinski definition) is 0. The fraction of sp³-hybridized carbons (Fsp3) is 0.222. The summed E-state index contributed by atoms with van der Waals surface area (Å²) >= 11 is 0. The average Bonchev–Trinajstić information content (AvgIpc) is 3.36. The van der Waals surface area contributed by atoms with Gasteiger partial charge in [-0.3, -0.25) is 0 Å². The Balaban J connectivity index is 1.85. The third-order valence-corrected chi connectivity index (χ3v) is 7.72. The molecule has 0 atom stereocenters. The Hall–Kier alpha value is -3.64. The van der Waals surface area contributed by atoms with E-state index >= 15 is 0 Å². The van der Waals surface area contributed by atoms with E-state index in [-0.39, 0.29) is 10.8 Å². The fourth-order valence-corrected chi connectivity index (χ4v) is 5.74. The van der Waals surface area contributed by atoms with Crippen molar-refractivity contribution in [3.8, 4) is 0 Å². The molecular weight excluding hydrogens is 432 g/mol. The average molecular weight is 467 g/mol. The van der Waals surface area contributed by atoms with Crippen molar-refractivity contribution in [2.75, 3.05) is 0 Å². The minimum Gasteiger partial charge on any atom is -0.0622 e. The lowest BCUT2D eigenvalue weighted by molar-refractivity contribution is 0.589. The van der Waals surface area contributed by atoms with Gasteiger partial charge in [-0.15, -0.1) is 0 Å². The van der Waals surface area contributed by atoms with E-state index in [1.807, 2.05) is 0 Å². The molecule has 2 aliphatic rings. The van der Waals surface area contributed by atoms with E-state index in [9.17, 15) is 0 Å². The monoisotopic (exact) mass is 466 g/mol. The molecule has 0 aromatic heterocycles. The molecular formula is C36H34. The molecule has 4 aromatic rings. The van der Waals surface area contributed by atoms with E-state index in [4.69, 9.17) is 0 Å². The van der Waals surface area contributed by atoms with Gasteiger partial charge in [-0.2, -0.15) is 0 Å². The van der Waals surface area contributed by atoms with Gasteiger partial charge in [0, 0.05) is 0 Å². The molecule has 178 valence electrons. The highest BCUT2D eigenvalue weighted by atomic mass is 14.3. The zero-order chi connectivity index (χ0) is 25.2. The first-order valence-corrected chi connectivity index (χ1v) is 13.0. The van der Waals surface area contributed by atoms with Crippen LogP contribution >= 0.6 is 0 Å². The van der Waals surface area contributed by atoms with E-state index in [1.165, 1.54) is 65.4 Å². The summed E-state index contributed by atoms with van der Waals surface area (Å²) in [6.07, 6.45) is 0. The van der Waals surface area contributed by atoms with Crippen LogP contribution in [0, 0.1) is 0 Å². The molecule has 0 spiro atoms. The summed E-state index contributed by atoms with van der Waals surface area (Å²) in [5.41, 5.74) is 11.0. The minimum absolute atomic E-state index is 0.0863. The van der Waals surface area contributed by atoms with Gasteiger partial charge < -0.3 is 0 Å². The third-order valence-electron chi connectivity index (χ3n) is 7.72. The Labute approximate surface area is 214 Å². The quantitative estimate of drug-likeness (QED) is 0.355. The first-order valence-electron chi connectivity index (χ1n) is 13.0. The van der Waals surface area contributed by atoms with Gasteiger partial charge in [-0.25, -0.2) is 0 Å². The molecule has 4 aromatic carbocycles. The van der Waals surface area contributed by atoms with Crippen LogP contribution in [0.2, 0.25) is 0 Å². The van der Waals surface area contributed by atoms with Gasteiger partial charge >= 0.3 is 0 Å². The lowest BCUT2D eigenvalue weighted by Gasteiger charge is -2.19. The maximum Gasteiger partial charge on any atom is -0.000753 e. The lowest BCUT2D eigenvalue weighted by Crippen LogP contribution is -2.31. The fourth-order valence-electron chi connectivity index (χ4n) is 5.74. The van der Waals surface area contributed by atoms with Gasteiger partial charge in [-0.05, 0) is 88.4 Å². The van der Waals surface area contributed by atoms with Gasteiger partial charge in [0.15, 0.2) is 0 Å². The van der Waals surface area contributed by atoms with E-state index in [2.05, 4.69) is 139 Å². The third kappa shape index (κ3) is 3.51. The zero-order valence-electron chi connectivity index (χ0n) is 22.2. The van der Waals surface area contributed by atoms with E-state index in [0.717, 1.165) is 0 Å². The molecule has 2 aliphatic carbocycles. The predicted octanol–water partition coefficient (Wildman–Crippen LogP) is 5.71. The van der Waals surface area contributed by atoms with E-state index in [1.54, 1.807) is 0 Å². The molecule has 36 heavy (non-hydrogen) atoms. The van der Waals surface area contributed by atoms with Crippen LogP contribution in [0.15, 0.2) is 97.1 Å². The molecule has 0 saturated carbocycles. The molecule has 6 rings (SSSR count). The van der Waals surface area contributed by atoms with Crippen molar-refractivity contribution >= 4 is 22.3 Å². The SMILES string of the molecule is CC(C)(C)c1ccc2c(c1)=C1C(=c3cc(C(C)(C)C)ccc3=C1c1ccccc1)C=2c1ccccc1. The summed E-state index contributed by atoms with van der Waals surface area (Å²) in [7, 11) is 0. The second kappa shape index (κ2) is 7.93. The van der Waals surface area contributed by atoms with E-state index < -0.39 is 0 Å². The highest BCUT2D eigenvalue weighted by Gasteiger charge is 2.31. The topological polar surface area (TPSA) is 0 Å². The number of hydrogen-bond acceptors (Lipinski definition) is 0. The summed E-state index contributed by atoms with van der Waals surface area (Å²) in [6, 6.07) is 36.2. The van der Waals surface area contributed by atoms with E-state index in [0.29, 0.717) is 0 Å². The molecule has 0 heterocycles. The molecule has 0 amide bonds. The van der Waals surface area contributed by atoms with Crippen molar-refractivity contribution < 1.29 is 0 Å². The standard InChI is InChI=1S/C36H34/c1-35(2,3)25-17-19-27-29(21-25)33-32(24-15-11-8-12-16-24)28-20-18-26(36(4,5)6)22-30(28)34(33)31(27)23-13-9-7-10-14-23/h7-22H,1-6H3. The molecule has 0 nitrogen and oxygen atoms in total. The van der Waals surface area contributed by atoms with Gasteiger partial charge in [0.05, 0.1) is 0 Å². The summed E-state index contributed by atoms with van der Waals surface area (Å²) in [5, 5.41) is 5.42. The smallest absolute Gasteiger partial charge is 0.000753 e. The minimum atomic E-state index is 0.0863. The summed E-state index contributed by atoms with van der Waals surface area (Å²) in [6.45, 7) is 13.8. The van der Waals surface area contributed by atoms with Crippen LogP contribution in [0.1, 0.15) is 63.8 Å². The highest BCUT2D eigenvalue weighted by molar-refractivity contribution is 6.31. The largest absolute Gasteiger partial charge is 0.0622 e. The van der Waals surface area contributed by atoms with Crippen molar-refractivity contribution in [2.45, 2.75) is 52.4 Å². The van der Waals surface area contributed by atoms with Crippen molar-refractivity contribution in [3.63, 3.8) is 0 Å². The molecule has 0 heteroatoms. The Morgan fingerprint density at radius 2 is 0.722 bits per heavy atom. The second-order valence-electron chi connectivity index (χ2n) is 12.3. The van der Waals surface area contributed by atoms with Crippen molar-refractivity contribution in [2.24, 2.45) is 0 Å². The van der Waals surface area contributed by atoms with Crippen molar-refractivity contribution in [3.05, 3.63) is 140 Å². The molecule has 0 unspecified atom stereocenters. The van der Waals surface area contributed by atoms with Gasteiger partial charge in [0.25, 0.3) is 0 Å².